The molecule has 0 spiro atoms. The fourth-order valence-corrected chi connectivity index (χ4v) is 1.91. The summed E-state index contributed by atoms with van der Waals surface area (Å²) in [6, 6.07) is 5.51. The molecular weight excluding hydrogens is 253 g/mol. The van der Waals surface area contributed by atoms with Gasteiger partial charge in [0.15, 0.2) is 5.78 Å². The Morgan fingerprint density at radius 2 is 1.63 bits per heavy atom. The van der Waals surface area contributed by atoms with Crippen molar-refractivity contribution in [3.63, 3.8) is 0 Å². The van der Waals surface area contributed by atoms with Gasteiger partial charge in [-0.25, -0.2) is 13.2 Å². The molecule has 0 unspecified atom stereocenters. The first-order chi connectivity index (χ1) is 8.90. The lowest BCUT2D eigenvalue weighted by molar-refractivity contribution is 0.101. The van der Waals surface area contributed by atoms with E-state index in [2.05, 4.69) is 0 Å². The molecule has 4 heteroatoms. The van der Waals surface area contributed by atoms with Crippen LogP contribution in [-0.2, 0) is 0 Å². The molecular formula is C15H11F3O. The van der Waals surface area contributed by atoms with Gasteiger partial charge in [-0.3, -0.25) is 4.79 Å². The summed E-state index contributed by atoms with van der Waals surface area (Å²) in [6.45, 7) is 2.79. The highest BCUT2D eigenvalue weighted by Gasteiger charge is 2.15. The zero-order valence-corrected chi connectivity index (χ0v) is 10.4. The van der Waals surface area contributed by atoms with Crippen molar-refractivity contribution in [3.05, 3.63) is 58.9 Å². The molecule has 1 nitrogen and oxygen atoms in total. The van der Waals surface area contributed by atoms with Crippen molar-refractivity contribution in [2.24, 2.45) is 0 Å². The van der Waals surface area contributed by atoms with Crippen LogP contribution < -0.4 is 0 Å². The molecule has 0 aliphatic carbocycles. The number of carbonyl (C=O) groups excluding carboxylic acids is 1. The second kappa shape index (κ2) is 4.88. The van der Waals surface area contributed by atoms with E-state index < -0.39 is 17.5 Å². The third-order valence-corrected chi connectivity index (χ3v) is 2.90. The van der Waals surface area contributed by atoms with E-state index in [0.29, 0.717) is 0 Å². The molecule has 0 N–H and O–H groups in total. The average molecular weight is 264 g/mol. The monoisotopic (exact) mass is 264 g/mol. The molecule has 0 amide bonds. The maximum Gasteiger partial charge on any atom is 0.160 e. The summed E-state index contributed by atoms with van der Waals surface area (Å²) in [5.74, 6) is -2.39. The van der Waals surface area contributed by atoms with Crippen LogP contribution >= 0.6 is 0 Å². The number of hydrogen-bond acceptors (Lipinski definition) is 1. The second-order valence-electron chi connectivity index (χ2n) is 4.33. The van der Waals surface area contributed by atoms with Crippen molar-refractivity contribution in [2.75, 3.05) is 0 Å². The zero-order valence-electron chi connectivity index (χ0n) is 10.4. The second-order valence-corrected chi connectivity index (χ2v) is 4.33. The Hall–Kier alpha value is -2.10. The van der Waals surface area contributed by atoms with Crippen LogP contribution in [0.1, 0.15) is 22.8 Å². The Morgan fingerprint density at radius 3 is 2.26 bits per heavy atom. The van der Waals surface area contributed by atoms with Gasteiger partial charge in [-0.05, 0) is 49.2 Å². The van der Waals surface area contributed by atoms with Crippen LogP contribution in [0.2, 0.25) is 0 Å². The van der Waals surface area contributed by atoms with E-state index in [1.807, 2.05) is 0 Å². The number of rotatable bonds is 2. The highest BCUT2D eigenvalue weighted by atomic mass is 19.1. The normalized spacial score (nSPS) is 10.6. The highest BCUT2D eigenvalue weighted by molar-refractivity contribution is 6.00. The molecule has 0 saturated carbocycles. The largest absolute Gasteiger partial charge is 0.294 e. The molecule has 0 atom stereocenters. The van der Waals surface area contributed by atoms with E-state index in [4.69, 9.17) is 0 Å². The molecule has 0 heterocycles. The standard InChI is InChI=1S/C15H11F3O/c1-8-5-13(15(18)7-14(8)17)12-6-10(16)3-4-11(12)9(2)19/h3-7H,1-2H3. The van der Waals surface area contributed by atoms with Crippen LogP contribution in [0.3, 0.4) is 0 Å². The van der Waals surface area contributed by atoms with Crippen molar-refractivity contribution < 1.29 is 18.0 Å². The summed E-state index contributed by atoms with van der Waals surface area (Å²) < 4.78 is 40.4. The van der Waals surface area contributed by atoms with Crippen molar-refractivity contribution >= 4 is 5.78 Å². The van der Waals surface area contributed by atoms with Gasteiger partial charge in [0.05, 0.1) is 0 Å². The Bertz CT molecular complexity index is 663. The summed E-state index contributed by atoms with van der Waals surface area (Å²) >= 11 is 0. The number of Topliss-reactive ketones (excluding diaryl/α,β-unsaturated/α-hetero) is 1. The van der Waals surface area contributed by atoms with E-state index in [9.17, 15) is 18.0 Å². The number of carbonyl (C=O) groups is 1. The topological polar surface area (TPSA) is 17.1 Å². The molecule has 0 aliphatic rings. The van der Waals surface area contributed by atoms with Crippen LogP contribution in [0.25, 0.3) is 11.1 Å². The molecule has 98 valence electrons. The van der Waals surface area contributed by atoms with E-state index in [-0.39, 0.29) is 28.0 Å². The van der Waals surface area contributed by atoms with Gasteiger partial charge in [0.25, 0.3) is 0 Å². The molecule has 0 aromatic heterocycles. The molecule has 2 aromatic rings. The number of halogens is 3. The van der Waals surface area contributed by atoms with E-state index in [0.717, 1.165) is 18.2 Å². The minimum absolute atomic E-state index is 0.0172. The van der Waals surface area contributed by atoms with Crippen LogP contribution in [0.5, 0.6) is 0 Å². The lowest BCUT2D eigenvalue weighted by atomic mass is 9.95. The van der Waals surface area contributed by atoms with Crippen molar-refractivity contribution in [3.8, 4) is 11.1 Å². The number of aryl methyl sites for hydroxylation is 1. The van der Waals surface area contributed by atoms with Crippen LogP contribution in [-0.4, -0.2) is 5.78 Å². The van der Waals surface area contributed by atoms with Gasteiger partial charge >= 0.3 is 0 Å². The van der Waals surface area contributed by atoms with E-state index in [1.165, 1.54) is 26.0 Å². The molecule has 2 rings (SSSR count). The van der Waals surface area contributed by atoms with Crippen LogP contribution in [0.15, 0.2) is 30.3 Å². The number of ketones is 1. The first kappa shape index (κ1) is 13.3. The Balaban J connectivity index is 2.74. The molecule has 0 bridgehead atoms. The summed E-state index contributed by atoms with van der Waals surface area (Å²) in [7, 11) is 0. The molecule has 0 aliphatic heterocycles. The molecule has 0 radical (unpaired) electrons. The fourth-order valence-electron chi connectivity index (χ4n) is 1.91. The summed E-state index contributed by atoms with van der Waals surface area (Å²) in [5, 5.41) is 0. The van der Waals surface area contributed by atoms with Gasteiger partial charge in [0.1, 0.15) is 17.5 Å². The molecule has 2 aromatic carbocycles. The van der Waals surface area contributed by atoms with Gasteiger partial charge in [-0.15, -0.1) is 0 Å². The smallest absolute Gasteiger partial charge is 0.160 e. The lowest BCUT2D eigenvalue weighted by Crippen LogP contribution is -1.99. The number of hydrogen-bond donors (Lipinski definition) is 0. The SMILES string of the molecule is CC(=O)c1ccc(F)cc1-c1cc(C)c(F)cc1F. The van der Waals surface area contributed by atoms with Crippen LogP contribution in [0, 0.1) is 24.4 Å². The summed E-state index contributed by atoms with van der Waals surface area (Å²) in [4.78, 5) is 11.5. The third-order valence-electron chi connectivity index (χ3n) is 2.90. The molecule has 0 saturated heterocycles. The average Bonchev–Trinajstić information content (AvgIpc) is 2.33. The minimum Gasteiger partial charge on any atom is -0.294 e. The fraction of sp³-hybridized carbons (Fsp3) is 0.133. The summed E-state index contributed by atoms with van der Waals surface area (Å²) in [6.07, 6.45) is 0. The number of benzene rings is 2. The van der Waals surface area contributed by atoms with Gasteiger partial charge in [-0.2, -0.15) is 0 Å². The zero-order chi connectivity index (χ0) is 14.2. The molecule has 19 heavy (non-hydrogen) atoms. The van der Waals surface area contributed by atoms with E-state index >= 15 is 0 Å². The third kappa shape index (κ3) is 2.52. The predicted molar refractivity (Wildman–Crippen MR) is 66.5 cm³/mol. The minimum atomic E-state index is -0.823. The van der Waals surface area contributed by atoms with Gasteiger partial charge in [-0.1, -0.05) is 0 Å². The first-order valence-corrected chi connectivity index (χ1v) is 5.66. The Kier molecular flexibility index (Phi) is 3.42. The Morgan fingerprint density at radius 1 is 0.947 bits per heavy atom. The van der Waals surface area contributed by atoms with Gasteiger partial charge < -0.3 is 0 Å². The maximum absolute atomic E-state index is 13.8. The Labute approximate surface area is 108 Å². The van der Waals surface area contributed by atoms with Crippen LogP contribution in [0.4, 0.5) is 13.2 Å². The highest BCUT2D eigenvalue weighted by Crippen LogP contribution is 2.29. The van der Waals surface area contributed by atoms with Gasteiger partial charge in [0, 0.05) is 17.2 Å². The van der Waals surface area contributed by atoms with Crippen molar-refractivity contribution in [1.82, 2.24) is 0 Å². The lowest BCUT2D eigenvalue weighted by Gasteiger charge is -2.10. The maximum atomic E-state index is 13.8. The molecule has 0 fully saturated rings. The van der Waals surface area contributed by atoms with Crippen molar-refractivity contribution in [2.45, 2.75) is 13.8 Å². The predicted octanol–water partition coefficient (Wildman–Crippen LogP) is 4.28. The summed E-state index contributed by atoms with van der Waals surface area (Å²) in [5.41, 5.74) is 0.582. The van der Waals surface area contributed by atoms with Crippen molar-refractivity contribution in [1.29, 1.82) is 0 Å². The van der Waals surface area contributed by atoms with E-state index in [1.54, 1.807) is 0 Å². The van der Waals surface area contributed by atoms with Gasteiger partial charge in [0.2, 0.25) is 0 Å². The quantitative estimate of drug-likeness (QED) is 0.740. The first-order valence-electron chi connectivity index (χ1n) is 5.66.